The molecule has 2 aromatic rings. The molecule has 0 aliphatic carbocycles. The second-order valence-electron chi connectivity index (χ2n) is 4.38. The van der Waals surface area contributed by atoms with E-state index in [1.54, 1.807) is 12.1 Å². The molecule has 4 heteroatoms. The van der Waals surface area contributed by atoms with Crippen molar-refractivity contribution in [1.29, 1.82) is 0 Å². The van der Waals surface area contributed by atoms with E-state index in [4.69, 9.17) is 10.5 Å². The van der Waals surface area contributed by atoms with E-state index >= 15 is 0 Å². The topological polar surface area (TPSA) is 35.2 Å². The van der Waals surface area contributed by atoms with Crippen LogP contribution < -0.4 is 10.5 Å². The summed E-state index contributed by atoms with van der Waals surface area (Å²) in [6.07, 6.45) is 0. The molecular weight excluding hydrogens is 248 g/mol. The molecule has 2 nitrogen and oxygen atoms in total. The average Bonchev–Trinajstić information content (AvgIpc) is 2.38. The van der Waals surface area contributed by atoms with E-state index < -0.39 is 11.6 Å². The van der Waals surface area contributed by atoms with Crippen LogP contribution in [-0.2, 0) is 6.61 Å². The van der Waals surface area contributed by atoms with Crippen LogP contribution >= 0.6 is 0 Å². The minimum absolute atomic E-state index is 0.0383. The summed E-state index contributed by atoms with van der Waals surface area (Å²) in [5, 5.41) is 0. The molecule has 0 aliphatic heterocycles. The minimum atomic E-state index is -0.604. The second kappa shape index (κ2) is 5.80. The predicted octanol–water partition coefficient (Wildman–Crippen LogP) is 3.56. The summed E-state index contributed by atoms with van der Waals surface area (Å²) in [6, 6.07) is 10.7. The van der Waals surface area contributed by atoms with Crippen LogP contribution in [0.5, 0.6) is 5.75 Å². The molecule has 100 valence electrons. The Morgan fingerprint density at radius 1 is 1.11 bits per heavy atom. The zero-order valence-corrected chi connectivity index (χ0v) is 10.6. The van der Waals surface area contributed by atoms with Crippen LogP contribution in [0.3, 0.4) is 0 Å². The van der Waals surface area contributed by atoms with Crippen molar-refractivity contribution in [2.24, 2.45) is 5.73 Å². The van der Waals surface area contributed by atoms with Gasteiger partial charge < -0.3 is 10.5 Å². The van der Waals surface area contributed by atoms with Gasteiger partial charge in [0.05, 0.1) is 0 Å². The fourth-order valence-corrected chi connectivity index (χ4v) is 1.67. The van der Waals surface area contributed by atoms with Crippen molar-refractivity contribution in [2.45, 2.75) is 19.6 Å². The summed E-state index contributed by atoms with van der Waals surface area (Å²) < 4.78 is 31.6. The summed E-state index contributed by atoms with van der Waals surface area (Å²) in [6.45, 7) is 1.95. The second-order valence-corrected chi connectivity index (χ2v) is 4.38. The molecule has 2 rings (SSSR count). The Bertz CT molecular complexity index is 553. The van der Waals surface area contributed by atoms with E-state index in [1.807, 2.05) is 19.1 Å². The Morgan fingerprint density at radius 2 is 1.79 bits per heavy atom. The Kier molecular flexibility index (Phi) is 4.12. The molecule has 0 radical (unpaired) electrons. The Labute approximate surface area is 110 Å². The lowest BCUT2D eigenvalue weighted by atomic mass is 10.1. The molecule has 0 amide bonds. The maximum Gasteiger partial charge on any atom is 0.132 e. The molecule has 0 spiro atoms. The number of hydrogen-bond acceptors (Lipinski definition) is 2. The van der Waals surface area contributed by atoms with Gasteiger partial charge in [-0.25, -0.2) is 8.78 Å². The number of rotatable bonds is 4. The van der Waals surface area contributed by atoms with Gasteiger partial charge in [-0.15, -0.1) is 0 Å². The van der Waals surface area contributed by atoms with E-state index in [-0.39, 0.29) is 12.6 Å². The van der Waals surface area contributed by atoms with Gasteiger partial charge in [-0.1, -0.05) is 12.1 Å². The van der Waals surface area contributed by atoms with Crippen LogP contribution in [0.4, 0.5) is 8.78 Å². The smallest absolute Gasteiger partial charge is 0.132 e. The monoisotopic (exact) mass is 263 g/mol. The van der Waals surface area contributed by atoms with Gasteiger partial charge in [0.15, 0.2) is 0 Å². The SMILES string of the molecule is C[C@@H](N)c1ccc(OCc2ccc(F)cc2F)cc1. The van der Waals surface area contributed by atoms with E-state index in [9.17, 15) is 8.78 Å². The molecule has 2 N–H and O–H groups in total. The summed E-state index contributed by atoms with van der Waals surface area (Å²) >= 11 is 0. The first-order valence-corrected chi connectivity index (χ1v) is 5.98. The number of nitrogens with two attached hydrogens (primary N) is 1. The van der Waals surface area contributed by atoms with Gasteiger partial charge in [-0.2, -0.15) is 0 Å². The van der Waals surface area contributed by atoms with Crippen LogP contribution in [0, 0.1) is 11.6 Å². The molecular formula is C15H15F2NO. The lowest BCUT2D eigenvalue weighted by Gasteiger charge is -2.09. The Balaban J connectivity index is 2.02. The van der Waals surface area contributed by atoms with Crippen molar-refractivity contribution < 1.29 is 13.5 Å². The van der Waals surface area contributed by atoms with E-state index in [2.05, 4.69) is 0 Å². The number of benzene rings is 2. The van der Waals surface area contributed by atoms with Crippen molar-refractivity contribution in [3.8, 4) is 5.75 Å². The predicted molar refractivity (Wildman–Crippen MR) is 69.7 cm³/mol. The largest absolute Gasteiger partial charge is 0.489 e. The molecule has 0 saturated heterocycles. The van der Waals surface area contributed by atoms with Gasteiger partial charge in [0.25, 0.3) is 0 Å². The molecule has 0 heterocycles. The van der Waals surface area contributed by atoms with Crippen LogP contribution in [0.1, 0.15) is 24.1 Å². The fourth-order valence-electron chi connectivity index (χ4n) is 1.67. The maximum absolute atomic E-state index is 13.4. The van der Waals surface area contributed by atoms with Gasteiger partial charge in [-0.3, -0.25) is 0 Å². The molecule has 0 saturated carbocycles. The van der Waals surface area contributed by atoms with Crippen LogP contribution in [0.15, 0.2) is 42.5 Å². The van der Waals surface area contributed by atoms with E-state index in [1.165, 1.54) is 12.1 Å². The van der Waals surface area contributed by atoms with Crippen LogP contribution in [0.2, 0.25) is 0 Å². The quantitative estimate of drug-likeness (QED) is 0.915. The molecule has 0 aromatic heterocycles. The fraction of sp³-hybridized carbons (Fsp3) is 0.200. The molecule has 0 unspecified atom stereocenters. The normalized spacial score (nSPS) is 12.2. The lowest BCUT2D eigenvalue weighted by molar-refractivity contribution is 0.299. The zero-order chi connectivity index (χ0) is 13.8. The average molecular weight is 263 g/mol. The lowest BCUT2D eigenvalue weighted by Crippen LogP contribution is -2.04. The number of ether oxygens (including phenoxy) is 1. The molecule has 2 aromatic carbocycles. The highest BCUT2D eigenvalue weighted by Gasteiger charge is 2.05. The molecule has 0 aliphatic rings. The molecule has 0 fully saturated rings. The third-order valence-corrected chi connectivity index (χ3v) is 2.82. The summed E-state index contributed by atoms with van der Waals surface area (Å²) in [5.74, 6) is -0.581. The zero-order valence-electron chi connectivity index (χ0n) is 10.6. The standard InChI is InChI=1S/C15H15F2NO/c1-10(18)11-3-6-14(7-4-11)19-9-12-2-5-13(16)8-15(12)17/h2-8,10H,9,18H2,1H3/t10-/m1/s1. The van der Waals surface area contributed by atoms with Gasteiger partial charge in [-0.05, 0) is 36.8 Å². The van der Waals surface area contributed by atoms with Crippen LogP contribution in [0.25, 0.3) is 0 Å². The van der Waals surface area contributed by atoms with Crippen molar-refractivity contribution in [3.05, 3.63) is 65.2 Å². The van der Waals surface area contributed by atoms with Crippen molar-refractivity contribution >= 4 is 0 Å². The van der Waals surface area contributed by atoms with Crippen molar-refractivity contribution in [1.82, 2.24) is 0 Å². The van der Waals surface area contributed by atoms with Gasteiger partial charge in [0, 0.05) is 17.7 Å². The summed E-state index contributed by atoms with van der Waals surface area (Å²) in [4.78, 5) is 0. The number of hydrogen-bond donors (Lipinski definition) is 1. The first-order valence-electron chi connectivity index (χ1n) is 5.98. The van der Waals surface area contributed by atoms with Crippen molar-refractivity contribution in [2.75, 3.05) is 0 Å². The minimum Gasteiger partial charge on any atom is -0.489 e. The molecule has 0 bridgehead atoms. The first-order chi connectivity index (χ1) is 9.06. The van der Waals surface area contributed by atoms with E-state index in [0.29, 0.717) is 11.3 Å². The van der Waals surface area contributed by atoms with Gasteiger partial charge in [0.2, 0.25) is 0 Å². The van der Waals surface area contributed by atoms with Crippen molar-refractivity contribution in [3.63, 3.8) is 0 Å². The third kappa shape index (κ3) is 3.51. The highest BCUT2D eigenvalue weighted by atomic mass is 19.1. The Morgan fingerprint density at radius 3 is 2.37 bits per heavy atom. The molecule has 19 heavy (non-hydrogen) atoms. The van der Waals surface area contributed by atoms with Crippen LogP contribution in [-0.4, -0.2) is 0 Å². The highest BCUT2D eigenvalue weighted by molar-refractivity contribution is 5.29. The van der Waals surface area contributed by atoms with Gasteiger partial charge in [0.1, 0.15) is 24.0 Å². The summed E-state index contributed by atoms with van der Waals surface area (Å²) in [7, 11) is 0. The van der Waals surface area contributed by atoms with E-state index in [0.717, 1.165) is 11.6 Å². The van der Waals surface area contributed by atoms with Gasteiger partial charge >= 0.3 is 0 Å². The third-order valence-electron chi connectivity index (χ3n) is 2.82. The molecule has 1 atom stereocenters. The maximum atomic E-state index is 13.4. The first kappa shape index (κ1) is 13.5. The number of halogens is 2. The highest BCUT2D eigenvalue weighted by Crippen LogP contribution is 2.18. The summed E-state index contributed by atoms with van der Waals surface area (Å²) in [5.41, 5.74) is 7.05. The Hall–Kier alpha value is -1.94.